The van der Waals surface area contributed by atoms with Crippen molar-refractivity contribution >= 4 is 5.69 Å². The zero-order chi connectivity index (χ0) is 21.8. The first-order valence-electron chi connectivity index (χ1n) is 10.6. The molecule has 1 aliphatic rings. The SMILES string of the molecule is COCCn1nnnc1C(c1ccccc1F)N1CCN(c2cccc(C)c2C)CC1. The Morgan fingerprint density at radius 1 is 1.03 bits per heavy atom. The highest BCUT2D eigenvalue weighted by atomic mass is 19.1. The molecule has 1 aliphatic heterocycles. The van der Waals surface area contributed by atoms with Gasteiger partial charge in [-0.3, -0.25) is 4.90 Å². The minimum absolute atomic E-state index is 0.245. The van der Waals surface area contributed by atoms with E-state index in [4.69, 9.17) is 4.74 Å². The predicted molar refractivity (Wildman–Crippen MR) is 118 cm³/mol. The number of aromatic nitrogens is 4. The Hall–Kier alpha value is -2.84. The van der Waals surface area contributed by atoms with Crippen LogP contribution in [0.2, 0.25) is 0 Å². The van der Waals surface area contributed by atoms with Gasteiger partial charge in [0.1, 0.15) is 11.9 Å². The molecule has 31 heavy (non-hydrogen) atoms. The number of hydrogen-bond acceptors (Lipinski definition) is 6. The number of nitrogens with zero attached hydrogens (tertiary/aromatic N) is 6. The number of benzene rings is 2. The second-order valence-corrected chi connectivity index (χ2v) is 7.92. The van der Waals surface area contributed by atoms with Gasteiger partial charge in [-0.25, -0.2) is 9.07 Å². The van der Waals surface area contributed by atoms with Crippen LogP contribution in [0.5, 0.6) is 0 Å². The molecule has 0 saturated carbocycles. The van der Waals surface area contributed by atoms with E-state index in [2.05, 4.69) is 57.4 Å². The lowest BCUT2D eigenvalue weighted by Crippen LogP contribution is -2.48. The molecule has 164 valence electrons. The highest BCUT2D eigenvalue weighted by molar-refractivity contribution is 5.56. The van der Waals surface area contributed by atoms with E-state index in [0.717, 1.165) is 26.2 Å². The van der Waals surface area contributed by atoms with Gasteiger partial charge >= 0.3 is 0 Å². The molecule has 2 aromatic carbocycles. The van der Waals surface area contributed by atoms with Crippen molar-refractivity contribution in [3.8, 4) is 0 Å². The summed E-state index contributed by atoms with van der Waals surface area (Å²) in [6.07, 6.45) is 0. The molecule has 1 aromatic heterocycles. The molecule has 0 radical (unpaired) electrons. The molecule has 1 atom stereocenters. The summed E-state index contributed by atoms with van der Waals surface area (Å²) >= 11 is 0. The van der Waals surface area contributed by atoms with Gasteiger partial charge in [-0.05, 0) is 47.5 Å². The number of aryl methyl sites for hydroxylation is 1. The van der Waals surface area contributed by atoms with Gasteiger partial charge in [0.15, 0.2) is 5.82 Å². The Morgan fingerprint density at radius 2 is 1.81 bits per heavy atom. The highest BCUT2D eigenvalue weighted by Gasteiger charge is 2.32. The summed E-state index contributed by atoms with van der Waals surface area (Å²) < 4.78 is 21.8. The van der Waals surface area contributed by atoms with Crippen molar-refractivity contribution in [3.05, 3.63) is 70.8 Å². The van der Waals surface area contributed by atoms with Crippen molar-refractivity contribution in [2.24, 2.45) is 0 Å². The summed E-state index contributed by atoms with van der Waals surface area (Å²) in [4.78, 5) is 4.68. The average Bonchev–Trinajstić information content (AvgIpc) is 3.24. The van der Waals surface area contributed by atoms with Gasteiger partial charge in [-0.1, -0.05) is 30.3 Å². The van der Waals surface area contributed by atoms with Gasteiger partial charge in [0, 0.05) is 44.5 Å². The standard InChI is InChI=1S/C23H29FN6O/c1-17-7-6-10-21(18(17)2)28-11-13-29(14-12-28)22(19-8-4-5-9-20(19)24)23-25-26-27-30(23)15-16-31-3/h4-10,22H,11-16H2,1-3H3. The van der Waals surface area contributed by atoms with Crippen LogP contribution < -0.4 is 4.90 Å². The van der Waals surface area contributed by atoms with Crippen molar-refractivity contribution in [2.45, 2.75) is 26.4 Å². The fourth-order valence-corrected chi connectivity index (χ4v) is 4.24. The summed E-state index contributed by atoms with van der Waals surface area (Å²) in [5, 5.41) is 12.3. The van der Waals surface area contributed by atoms with Crippen LogP contribution in [0, 0.1) is 19.7 Å². The van der Waals surface area contributed by atoms with E-state index in [1.165, 1.54) is 22.9 Å². The van der Waals surface area contributed by atoms with E-state index in [9.17, 15) is 4.39 Å². The largest absolute Gasteiger partial charge is 0.383 e. The van der Waals surface area contributed by atoms with Crippen molar-refractivity contribution in [1.82, 2.24) is 25.1 Å². The van der Waals surface area contributed by atoms with Crippen LogP contribution in [0.1, 0.15) is 28.6 Å². The Morgan fingerprint density at radius 3 is 2.55 bits per heavy atom. The molecule has 0 spiro atoms. The Kier molecular flexibility index (Phi) is 6.58. The van der Waals surface area contributed by atoms with Crippen LogP contribution in [-0.4, -0.2) is 65.0 Å². The van der Waals surface area contributed by atoms with E-state index in [0.29, 0.717) is 24.5 Å². The van der Waals surface area contributed by atoms with Crippen LogP contribution in [0.3, 0.4) is 0 Å². The minimum atomic E-state index is -0.353. The zero-order valence-electron chi connectivity index (χ0n) is 18.3. The van der Waals surface area contributed by atoms with E-state index >= 15 is 0 Å². The molecule has 0 amide bonds. The van der Waals surface area contributed by atoms with Crippen LogP contribution in [-0.2, 0) is 11.3 Å². The highest BCUT2D eigenvalue weighted by Crippen LogP contribution is 2.31. The maximum absolute atomic E-state index is 14.9. The third-order valence-corrected chi connectivity index (χ3v) is 6.11. The first kappa shape index (κ1) is 21.4. The van der Waals surface area contributed by atoms with Crippen LogP contribution in [0.15, 0.2) is 42.5 Å². The monoisotopic (exact) mass is 424 g/mol. The summed E-state index contributed by atoms with van der Waals surface area (Å²) in [7, 11) is 1.64. The third kappa shape index (κ3) is 4.45. The van der Waals surface area contributed by atoms with Crippen LogP contribution in [0.25, 0.3) is 0 Å². The van der Waals surface area contributed by atoms with Crippen molar-refractivity contribution in [1.29, 1.82) is 0 Å². The number of piperazine rings is 1. The molecule has 0 N–H and O–H groups in total. The summed E-state index contributed by atoms with van der Waals surface area (Å²) in [6.45, 7) is 8.60. The summed E-state index contributed by atoms with van der Waals surface area (Å²) in [6, 6.07) is 13.0. The second kappa shape index (κ2) is 9.53. The topological polar surface area (TPSA) is 59.3 Å². The minimum Gasteiger partial charge on any atom is -0.383 e. The van der Waals surface area contributed by atoms with Gasteiger partial charge < -0.3 is 9.64 Å². The molecule has 7 nitrogen and oxygen atoms in total. The number of tetrazole rings is 1. The number of anilines is 1. The Labute approximate surface area is 182 Å². The Balaban J connectivity index is 1.61. The van der Waals surface area contributed by atoms with E-state index < -0.39 is 0 Å². The van der Waals surface area contributed by atoms with Crippen molar-refractivity contribution < 1.29 is 9.13 Å². The van der Waals surface area contributed by atoms with E-state index in [-0.39, 0.29) is 11.9 Å². The first-order chi connectivity index (χ1) is 15.1. The maximum atomic E-state index is 14.9. The number of methoxy groups -OCH3 is 1. The maximum Gasteiger partial charge on any atom is 0.173 e. The summed E-state index contributed by atoms with van der Waals surface area (Å²) in [5.74, 6) is 0.396. The number of ether oxygens (including phenoxy) is 1. The fraction of sp³-hybridized carbons (Fsp3) is 0.435. The molecular weight excluding hydrogens is 395 g/mol. The first-order valence-corrected chi connectivity index (χ1v) is 10.6. The quantitative estimate of drug-likeness (QED) is 0.581. The van der Waals surface area contributed by atoms with Gasteiger partial charge in [0.05, 0.1) is 13.2 Å². The zero-order valence-corrected chi connectivity index (χ0v) is 18.3. The molecule has 0 aliphatic carbocycles. The molecule has 8 heteroatoms. The van der Waals surface area contributed by atoms with E-state index in [1.807, 2.05) is 12.1 Å². The number of hydrogen-bond donors (Lipinski definition) is 0. The van der Waals surface area contributed by atoms with E-state index in [1.54, 1.807) is 17.9 Å². The van der Waals surface area contributed by atoms with Crippen molar-refractivity contribution in [2.75, 3.05) is 44.8 Å². The molecular formula is C23H29FN6O. The number of halogens is 1. The molecule has 4 rings (SSSR count). The molecule has 1 unspecified atom stereocenters. The molecule has 3 aromatic rings. The average molecular weight is 425 g/mol. The lowest BCUT2D eigenvalue weighted by Gasteiger charge is -2.40. The van der Waals surface area contributed by atoms with Crippen LogP contribution >= 0.6 is 0 Å². The normalized spacial score (nSPS) is 15.9. The lowest BCUT2D eigenvalue weighted by molar-refractivity contribution is 0.171. The predicted octanol–water partition coefficient (Wildman–Crippen LogP) is 2.99. The molecule has 1 saturated heterocycles. The fourth-order valence-electron chi connectivity index (χ4n) is 4.24. The van der Waals surface area contributed by atoms with Gasteiger partial charge in [0.2, 0.25) is 0 Å². The third-order valence-electron chi connectivity index (χ3n) is 6.11. The van der Waals surface area contributed by atoms with Gasteiger partial charge in [0.25, 0.3) is 0 Å². The summed E-state index contributed by atoms with van der Waals surface area (Å²) in [5.41, 5.74) is 4.47. The second-order valence-electron chi connectivity index (χ2n) is 7.92. The Bertz CT molecular complexity index is 1010. The molecule has 1 fully saturated rings. The molecule has 0 bridgehead atoms. The van der Waals surface area contributed by atoms with Crippen molar-refractivity contribution in [3.63, 3.8) is 0 Å². The number of rotatable bonds is 7. The smallest absolute Gasteiger partial charge is 0.173 e. The van der Waals surface area contributed by atoms with Crippen LogP contribution in [0.4, 0.5) is 10.1 Å². The molecule has 2 heterocycles. The van der Waals surface area contributed by atoms with Gasteiger partial charge in [-0.15, -0.1) is 5.10 Å². The lowest BCUT2D eigenvalue weighted by atomic mass is 10.0. The van der Waals surface area contributed by atoms with Gasteiger partial charge in [-0.2, -0.15) is 0 Å².